The van der Waals surface area contributed by atoms with E-state index in [0.29, 0.717) is 12.2 Å². The molecule has 2 fully saturated rings. The first kappa shape index (κ1) is 12.2. The summed E-state index contributed by atoms with van der Waals surface area (Å²) in [6.07, 6.45) is 7.98. The van der Waals surface area contributed by atoms with E-state index in [-0.39, 0.29) is 12.1 Å². The first-order valence-electron chi connectivity index (χ1n) is 5.93. The summed E-state index contributed by atoms with van der Waals surface area (Å²) in [5.74, 6) is 0.433. The lowest BCUT2D eigenvalue weighted by atomic mass is 10.00. The maximum absolute atomic E-state index is 10.5. The molecule has 2 rings (SSSR count). The van der Waals surface area contributed by atoms with E-state index in [1.807, 2.05) is 6.92 Å². The molecule has 0 aromatic heterocycles. The van der Waals surface area contributed by atoms with Crippen molar-refractivity contribution in [1.29, 1.82) is 0 Å². The molecular formula is C12H20O3. The van der Waals surface area contributed by atoms with Gasteiger partial charge in [0.1, 0.15) is 11.9 Å². The van der Waals surface area contributed by atoms with Crippen LogP contribution in [0.25, 0.3) is 0 Å². The Hall–Kier alpha value is -0.860. The molecule has 0 amide bonds. The van der Waals surface area contributed by atoms with Crippen LogP contribution in [0, 0.1) is 0 Å². The Morgan fingerprint density at radius 1 is 1.13 bits per heavy atom. The van der Waals surface area contributed by atoms with E-state index in [9.17, 15) is 9.59 Å². The fourth-order valence-corrected chi connectivity index (χ4v) is 1.82. The molecule has 1 aliphatic carbocycles. The van der Waals surface area contributed by atoms with Gasteiger partial charge in [0.25, 0.3) is 0 Å². The number of hydrogen-bond donors (Lipinski definition) is 0. The van der Waals surface area contributed by atoms with Crippen molar-refractivity contribution in [2.24, 2.45) is 0 Å². The van der Waals surface area contributed by atoms with Gasteiger partial charge < -0.3 is 4.74 Å². The molecule has 0 spiro atoms. The average Bonchev–Trinajstić information content (AvgIpc) is 2.66. The highest BCUT2D eigenvalue weighted by molar-refractivity contribution is 5.78. The summed E-state index contributed by atoms with van der Waals surface area (Å²) >= 11 is 0. The Labute approximate surface area is 91.2 Å². The predicted octanol–water partition coefficient (Wildman–Crippen LogP) is 2.62. The van der Waals surface area contributed by atoms with Crippen molar-refractivity contribution >= 4 is 11.8 Å². The largest absolute Gasteiger partial charge is 0.462 e. The van der Waals surface area contributed by atoms with Gasteiger partial charge in [-0.05, 0) is 25.7 Å². The number of Topliss-reactive ketones (excluding diaryl/α,β-unsaturated/α-hetero) is 1. The van der Waals surface area contributed by atoms with Gasteiger partial charge in [-0.3, -0.25) is 9.59 Å². The second kappa shape index (κ2) is 6.59. The Kier molecular flexibility index (Phi) is 5.37. The predicted molar refractivity (Wildman–Crippen MR) is 57.5 cm³/mol. The van der Waals surface area contributed by atoms with Crippen LogP contribution in [-0.2, 0) is 14.3 Å². The fraction of sp³-hybridized carbons (Fsp3) is 0.833. The van der Waals surface area contributed by atoms with Crippen molar-refractivity contribution < 1.29 is 14.3 Å². The van der Waals surface area contributed by atoms with Crippen LogP contribution >= 0.6 is 0 Å². The van der Waals surface area contributed by atoms with Gasteiger partial charge in [0.05, 0.1) is 0 Å². The zero-order valence-corrected chi connectivity index (χ0v) is 9.46. The molecule has 1 atom stereocenters. The van der Waals surface area contributed by atoms with Gasteiger partial charge in [-0.1, -0.05) is 13.3 Å². The van der Waals surface area contributed by atoms with Gasteiger partial charge in [-0.2, -0.15) is 0 Å². The van der Waals surface area contributed by atoms with E-state index >= 15 is 0 Å². The van der Waals surface area contributed by atoms with E-state index in [0.717, 1.165) is 38.5 Å². The molecule has 0 aromatic rings. The van der Waals surface area contributed by atoms with Crippen LogP contribution in [0.4, 0.5) is 0 Å². The molecule has 0 aromatic carbocycles. The number of carbonyl (C=O) groups is 2. The minimum Gasteiger partial charge on any atom is -0.462 e. The fourth-order valence-electron chi connectivity index (χ4n) is 1.82. The third-order valence-corrected chi connectivity index (χ3v) is 2.84. The molecule has 86 valence electrons. The lowest BCUT2D eigenvalue weighted by Crippen LogP contribution is -2.03. The summed E-state index contributed by atoms with van der Waals surface area (Å²) in [4.78, 5) is 20.9. The number of cyclic esters (lactones) is 1. The summed E-state index contributed by atoms with van der Waals surface area (Å²) < 4.78 is 4.87. The average molecular weight is 212 g/mol. The number of hydrogen-bond acceptors (Lipinski definition) is 3. The maximum Gasteiger partial charge on any atom is 0.306 e. The number of ketones is 1. The lowest BCUT2D eigenvalue weighted by Gasteiger charge is -2.05. The number of rotatable bonds is 1. The standard InChI is InChI=1S/C6H10O2.C6H10O/c1-2-5-3-4-6(7)8-5;7-6-4-2-1-3-5-6/h5H,2-4H2,1H3;1-5H2. The highest BCUT2D eigenvalue weighted by atomic mass is 16.5. The van der Waals surface area contributed by atoms with Crippen LogP contribution < -0.4 is 0 Å². The Bertz CT molecular complexity index is 215. The first-order chi connectivity index (χ1) is 7.22. The normalized spacial score (nSPS) is 25.5. The second-order valence-corrected chi connectivity index (χ2v) is 4.16. The molecule has 15 heavy (non-hydrogen) atoms. The van der Waals surface area contributed by atoms with Crippen molar-refractivity contribution in [2.75, 3.05) is 0 Å². The molecule has 3 heteroatoms. The highest BCUT2D eigenvalue weighted by Crippen LogP contribution is 2.15. The van der Waals surface area contributed by atoms with Crippen LogP contribution in [-0.4, -0.2) is 17.9 Å². The van der Waals surface area contributed by atoms with Gasteiger partial charge in [-0.25, -0.2) is 0 Å². The van der Waals surface area contributed by atoms with E-state index in [4.69, 9.17) is 4.74 Å². The Morgan fingerprint density at radius 2 is 1.80 bits per heavy atom. The van der Waals surface area contributed by atoms with Gasteiger partial charge >= 0.3 is 5.97 Å². The molecule has 1 unspecified atom stereocenters. The molecule has 0 bridgehead atoms. The first-order valence-corrected chi connectivity index (χ1v) is 5.93. The Morgan fingerprint density at radius 3 is 2.07 bits per heavy atom. The topological polar surface area (TPSA) is 43.4 Å². The summed E-state index contributed by atoms with van der Waals surface area (Å²) in [5.41, 5.74) is 0. The monoisotopic (exact) mass is 212 g/mol. The van der Waals surface area contributed by atoms with Crippen molar-refractivity contribution in [1.82, 2.24) is 0 Å². The van der Waals surface area contributed by atoms with Crippen molar-refractivity contribution in [3.63, 3.8) is 0 Å². The lowest BCUT2D eigenvalue weighted by molar-refractivity contribution is -0.141. The quantitative estimate of drug-likeness (QED) is 0.627. The highest BCUT2D eigenvalue weighted by Gasteiger charge is 2.20. The smallest absolute Gasteiger partial charge is 0.306 e. The third-order valence-electron chi connectivity index (χ3n) is 2.84. The molecule has 1 aliphatic heterocycles. The third kappa shape index (κ3) is 4.96. The summed E-state index contributed by atoms with van der Waals surface area (Å²) in [7, 11) is 0. The molecule has 3 nitrogen and oxygen atoms in total. The van der Waals surface area contributed by atoms with Gasteiger partial charge in [0.2, 0.25) is 0 Å². The second-order valence-electron chi connectivity index (χ2n) is 4.16. The van der Waals surface area contributed by atoms with Gasteiger partial charge in [0.15, 0.2) is 0 Å². The summed E-state index contributed by atoms with van der Waals surface area (Å²) in [6, 6.07) is 0. The Balaban J connectivity index is 0.000000151. The number of carbonyl (C=O) groups excluding carboxylic acids is 2. The molecule has 0 N–H and O–H groups in total. The van der Waals surface area contributed by atoms with Crippen molar-refractivity contribution in [3.05, 3.63) is 0 Å². The SMILES string of the molecule is CCC1CCC(=O)O1.O=C1CCCCC1. The van der Waals surface area contributed by atoms with E-state index in [2.05, 4.69) is 0 Å². The number of esters is 1. The maximum atomic E-state index is 10.5. The van der Waals surface area contributed by atoms with E-state index in [1.54, 1.807) is 0 Å². The van der Waals surface area contributed by atoms with Gasteiger partial charge in [0, 0.05) is 19.3 Å². The molecule has 1 saturated heterocycles. The summed E-state index contributed by atoms with van der Waals surface area (Å²) in [5, 5.41) is 0. The molecule has 1 heterocycles. The van der Waals surface area contributed by atoms with Crippen LogP contribution in [0.2, 0.25) is 0 Å². The minimum absolute atomic E-state index is 0.0307. The van der Waals surface area contributed by atoms with Crippen LogP contribution in [0.1, 0.15) is 58.3 Å². The van der Waals surface area contributed by atoms with E-state index < -0.39 is 0 Å². The zero-order valence-electron chi connectivity index (χ0n) is 9.46. The molecular weight excluding hydrogens is 192 g/mol. The molecule has 0 radical (unpaired) electrons. The zero-order chi connectivity index (χ0) is 11.1. The van der Waals surface area contributed by atoms with Crippen molar-refractivity contribution in [3.8, 4) is 0 Å². The summed E-state index contributed by atoms with van der Waals surface area (Å²) in [6.45, 7) is 2.03. The van der Waals surface area contributed by atoms with Crippen LogP contribution in [0.3, 0.4) is 0 Å². The van der Waals surface area contributed by atoms with Crippen molar-refractivity contribution in [2.45, 2.75) is 64.4 Å². The molecule has 2 aliphatic rings. The number of ether oxygens (including phenoxy) is 1. The van der Waals surface area contributed by atoms with Gasteiger partial charge in [-0.15, -0.1) is 0 Å². The van der Waals surface area contributed by atoms with E-state index in [1.165, 1.54) is 6.42 Å². The van der Waals surface area contributed by atoms with Crippen LogP contribution in [0.5, 0.6) is 0 Å². The minimum atomic E-state index is -0.0307. The van der Waals surface area contributed by atoms with Crippen LogP contribution in [0.15, 0.2) is 0 Å². The molecule has 1 saturated carbocycles.